The molecule has 0 bridgehead atoms. The highest BCUT2D eigenvalue weighted by molar-refractivity contribution is 5.67. The van der Waals surface area contributed by atoms with Crippen molar-refractivity contribution in [3.8, 4) is 11.1 Å². The summed E-state index contributed by atoms with van der Waals surface area (Å²) in [6.45, 7) is 1.39. The van der Waals surface area contributed by atoms with Crippen molar-refractivity contribution in [2.24, 2.45) is 5.73 Å². The minimum absolute atomic E-state index is 0.149. The Bertz CT molecular complexity index is 535. The van der Waals surface area contributed by atoms with Gasteiger partial charge in [-0.1, -0.05) is 54.6 Å². The molecule has 0 fully saturated rings. The van der Waals surface area contributed by atoms with Crippen molar-refractivity contribution in [2.45, 2.75) is 25.3 Å². The first-order valence-corrected chi connectivity index (χ1v) is 6.21. The van der Waals surface area contributed by atoms with Crippen molar-refractivity contribution < 1.29 is 8.78 Å². The van der Waals surface area contributed by atoms with Gasteiger partial charge in [0.05, 0.1) is 5.54 Å². The third-order valence-corrected chi connectivity index (χ3v) is 3.17. The Morgan fingerprint density at radius 1 is 1.00 bits per heavy atom. The molecular formula is C16H17F2N. The monoisotopic (exact) mass is 261 g/mol. The standard InChI is InChI=1S/C16H17F2N/c1-16(19,15(17)18)11-13-9-5-6-10-14(13)12-7-3-2-4-8-12/h2-10,15H,11,19H2,1H3. The molecule has 3 heteroatoms. The molecule has 2 rings (SSSR count). The van der Waals surface area contributed by atoms with Crippen molar-refractivity contribution >= 4 is 0 Å². The summed E-state index contributed by atoms with van der Waals surface area (Å²) in [6.07, 6.45) is -2.40. The van der Waals surface area contributed by atoms with Gasteiger partial charge in [-0.25, -0.2) is 8.78 Å². The summed E-state index contributed by atoms with van der Waals surface area (Å²) >= 11 is 0. The second-order valence-electron chi connectivity index (χ2n) is 5.01. The van der Waals surface area contributed by atoms with Crippen LogP contribution < -0.4 is 5.73 Å². The van der Waals surface area contributed by atoms with E-state index in [1.165, 1.54) is 6.92 Å². The van der Waals surface area contributed by atoms with E-state index in [0.717, 1.165) is 16.7 Å². The van der Waals surface area contributed by atoms with Crippen LogP contribution in [0.4, 0.5) is 8.78 Å². The van der Waals surface area contributed by atoms with Crippen LogP contribution in [-0.4, -0.2) is 12.0 Å². The molecule has 0 saturated carbocycles. The third-order valence-electron chi connectivity index (χ3n) is 3.17. The summed E-state index contributed by atoms with van der Waals surface area (Å²) < 4.78 is 25.8. The zero-order valence-electron chi connectivity index (χ0n) is 10.8. The lowest BCUT2D eigenvalue weighted by Gasteiger charge is -2.25. The van der Waals surface area contributed by atoms with Gasteiger partial charge in [-0.2, -0.15) is 0 Å². The van der Waals surface area contributed by atoms with Crippen molar-refractivity contribution in [1.82, 2.24) is 0 Å². The predicted molar refractivity (Wildman–Crippen MR) is 74.2 cm³/mol. The molecule has 0 aliphatic carbocycles. The summed E-state index contributed by atoms with van der Waals surface area (Å²) in [5, 5.41) is 0. The first kappa shape index (κ1) is 13.7. The zero-order chi connectivity index (χ0) is 13.9. The molecule has 19 heavy (non-hydrogen) atoms. The Kier molecular flexibility index (Phi) is 3.96. The maximum Gasteiger partial charge on any atom is 0.256 e. The Labute approximate surface area is 112 Å². The number of alkyl halides is 2. The van der Waals surface area contributed by atoms with E-state index >= 15 is 0 Å². The zero-order valence-corrected chi connectivity index (χ0v) is 10.8. The van der Waals surface area contributed by atoms with Crippen LogP contribution in [0, 0.1) is 0 Å². The summed E-state index contributed by atoms with van der Waals surface area (Å²) in [5.41, 5.74) is 7.00. The van der Waals surface area contributed by atoms with Crippen LogP contribution in [0.1, 0.15) is 12.5 Å². The second-order valence-corrected chi connectivity index (χ2v) is 5.01. The lowest BCUT2D eigenvalue weighted by molar-refractivity contribution is 0.0640. The van der Waals surface area contributed by atoms with Gasteiger partial charge in [0.2, 0.25) is 0 Å². The molecule has 1 unspecified atom stereocenters. The fraction of sp³-hybridized carbons (Fsp3) is 0.250. The Morgan fingerprint density at radius 3 is 2.21 bits per heavy atom. The van der Waals surface area contributed by atoms with Crippen molar-refractivity contribution in [1.29, 1.82) is 0 Å². The van der Waals surface area contributed by atoms with Crippen LogP contribution in [0.25, 0.3) is 11.1 Å². The normalized spacial score (nSPS) is 14.4. The van der Waals surface area contributed by atoms with E-state index in [0.29, 0.717) is 0 Å². The summed E-state index contributed by atoms with van der Waals surface area (Å²) in [6, 6.07) is 17.3. The Hall–Kier alpha value is -1.74. The molecule has 0 spiro atoms. The summed E-state index contributed by atoms with van der Waals surface area (Å²) in [4.78, 5) is 0. The lowest BCUT2D eigenvalue weighted by Crippen LogP contribution is -2.45. The molecule has 100 valence electrons. The lowest BCUT2D eigenvalue weighted by atomic mass is 9.89. The van der Waals surface area contributed by atoms with Crippen LogP contribution in [0.5, 0.6) is 0 Å². The molecule has 2 aromatic carbocycles. The van der Waals surface area contributed by atoms with E-state index < -0.39 is 12.0 Å². The third kappa shape index (κ3) is 3.18. The fourth-order valence-electron chi connectivity index (χ4n) is 2.06. The number of hydrogen-bond acceptors (Lipinski definition) is 1. The maximum atomic E-state index is 12.9. The van der Waals surface area contributed by atoms with Crippen LogP contribution in [-0.2, 0) is 6.42 Å². The smallest absolute Gasteiger partial charge is 0.256 e. The van der Waals surface area contributed by atoms with Gasteiger partial charge in [0.1, 0.15) is 0 Å². The van der Waals surface area contributed by atoms with Gasteiger partial charge in [-0.15, -0.1) is 0 Å². The summed E-state index contributed by atoms with van der Waals surface area (Å²) in [7, 11) is 0. The Morgan fingerprint density at radius 2 is 1.58 bits per heavy atom. The molecule has 0 aliphatic rings. The topological polar surface area (TPSA) is 26.0 Å². The highest BCUT2D eigenvalue weighted by atomic mass is 19.3. The van der Waals surface area contributed by atoms with E-state index in [1.807, 2.05) is 54.6 Å². The summed E-state index contributed by atoms with van der Waals surface area (Å²) in [5.74, 6) is 0. The van der Waals surface area contributed by atoms with Gasteiger partial charge in [0, 0.05) is 0 Å². The predicted octanol–water partition coefficient (Wildman–Crippen LogP) is 3.88. The molecule has 1 atom stereocenters. The van der Waals surface area contributed by atoms with Crippen LogP contribution in [0.15, 0.2) is 54.6 Å². The first-order chi connectivity index (χ1) is 9.00. The fourth-order valence-corrected chi connectivity index (χ4v) is 2.06. The number of halogens is 2. The molecular weight excluding hydrogens is 244 g/mol. The minimum atomic E-state index is -2.55. The minimum Gasteiger partial charge on any atom is -0.320 e. The second kappa shape index (κ2) is 5.49. The number of nitrogens with two attached hydrogens (primary N) is 1. The van der Waals surface area contributed by atoms with Crippen molar-refractivity contribution in [2.75, 3.05) is 0 Å². The maximum absolute atomic E-state index is 12.9. The number of benzene rings is 2. The SMILES string of the molecule is CC(N)(Cc1ccccc1-c1ccccc1)C(F)F. The van der Waals surface area contributed by atoms with E-state index in [9.17, 15) is 8.78 Å². The largest absolute Gasteiger partial charge is 0.320 e. The molecule has 0 saturated heterocycles. The average Bonchev–Trinajstić information content (AvgIpc) is 2.40. The van der Waals surface area contributed by atoms with Gasteiger partial charge in [0.15, 0.2) is 0 Å². The van der Waals surface area contributed by atoms with E-state index in [-0.39, 0.29) is 6.42 Å². The van der Waals surface area contributed by atoms with Gasteiger partial charge in [-0.3, -0.25) is 0 Å². The van der Waals surface area contributed by atoms with Gasteiger partial charge in [-0.05, 0) is 30.0 Å². The van der Waals surface area contributed by atoms with Crippen molar-refractivity contribution in [3.05, 3.63) is 60.2 Å². The van der Waals surface area contributed by atoms with Gasteiger partial charge in [0.25, 0.3) is 6.43 Å². The van der Waals surface area contributed by atoms with E-state index in [1.54, 1.807) is 0 Å². The molecule has 1 nitrogen and oxygen atoms in total. The molecule has 0 aliphatic heterocycles. The highest BCUT2D eigenvalue weighted by Gasteiger charge is 2.31. The number of rotatable bonds is 4. The van der Waals surface area contributed by atoms with Gasteiger partial charge < -0.3 is 5.73 Å². The molecule has 2 aromatic rings. The highest BCUT2D eigenvalue weighted by Crippen LogP contribution is 2.27. The van der Waals surface area contributed by atoms with Crippen LogP contribution >= 0.6 is 0 Å². The van der Waals surface area contributed by atoms with E-state index in [4.69, 9.17) is 5.73 Å². The average molecular weight is 261 g/mol. The first-order valence-electron chi connectivity index (χ1n) is 6.21. The Balaban J connectivity index is 2.38. The molecule has 2 N–H and O–H groups in total. The van der Waals surface area contributed by atoms with Crippen LogP contribution in [0.2, 0.25) is 0 Å². The van der Waals surface area contributed by atoms with Crippen LogP contribution in [0.3, 0.4) is 0 Å². The van der Waals surface area contributed by atoms with Gasteiger partial charge >= 0.3 is 0 Å². The van der Waals surface area contributed by atoms with E-state index in [2.05, 4.69) is 0 Å². The molecule has 0 heterocycles. The molecule has 0 radical (unpaired) electrons. The molecule has 0 aromatic heterocycles. The number of hydrogen-bond donors (Lipinski definition) is 1. The quantitative estimate of drug-likeness (QED) is 0.888. The molecule has 0 amide bonds. The van der Waals surface area contributed by atoms with Crippen molar-refractivity contribution in [3.63, 3.8) is 0 Å².